The Balaban J connectivity index is 2.77. The van der Waals surface area contributed by atoms with Gasteiger partial charge in [0.05, 0.1) is 13.7 Å². The molecule has 0 amide bonds. The third-order valence-electron chi connectivity index (χ3n) is 2.73. The fraction of sp³-hybridized carbons (Fsp3) is 0.500. The highest BCUT2D eigenvalue weighted by Gasteiger charge is 2.27. The van der Waals surface area contributed by atoms with Crippen LogP contribution in [0.4, 0.5) is 0 Å². The van der Waals surface area contributed by atoms with Gasteiger partial charge in [-0.1, -0.05) is 30.3 Å². The number of ether oxygens (including phenoxy) is 1. The highest BCUT2D eigenvalue weighted by atomic mass is 16.5. The summed E-state index contributed by atoms with van der Waals surface area (Å²) in [5.41, 5.74) is 0.530. The van der Waals surface area contributed by atoms with Crippen molar-refractivity contribution in [3.05, 3.63) is 35.9 Å². The van der Waals surface area contributed by atoms with Gasteiger partial charge in [0.2, 0.25) is 0 Å². The van der Waals surface area contributed by atoms with E-state index in [1.54, 1.807) is 0 Å². The van der Waals surface area contributed by atoms with Gasteiger partial charge in [-0.15, -0.1) is 0 Å². The second kappa shape index (κ2) is 6.52. The first-order valence-corrected chi connectivity index (χ1v) is 5.99. The summed E-state index contributed by atoms with van der Waals surface area (Å²) >= 11 is 0. The van der Waals surface area contributed by atoms with Gasteiger partial charge in [0.15, 0.2) is 0 Å². The highest BCUT2D eigenvalue weighted by Crippen LogP contribution is 2.09. The van der Waals surface area contributed by atoms with Crippen molar-refractivity contribution >= 4 is 5.97 Å². The third-order valence-corrected chi connectivity index (χ3v) is 2.73. The van der Waals surface area contributed by atoms with Crippen LogP contribution in [0, 0.1) is 0 Å². The van der Waals surface area contributed by atoms with Crippen LogP contribution in [-0.4, -0.2) is 36.4 Å². The minimum atomic E-state index is -0.520. The predicted molar refractivity (Wildman–Crippen MR) is 70.3 cm³/mol. The maximum atomic E-state index is 11.7. The Morgan fingerprint density at radius 3 is 2.50 bits per heavy atom. The minimum Gasteiger partial charge on any atom is -0.468 e. The number of rotatable bonds is 6. The standard InChI is InChI=1S/C14H21NO3/c1-14(2,10-16)15-12(13(17)18-3)9-11-7-5-4-6-8-11/h4-8,12,15-16H,9-10H2,1-3H3. The Kier molecular flexibility index (Phi) is 5.31. The van der Waals surface area contributed by atoms with Crippen LogP contribution >= 0.6 is 0 Å². The van der Waals surface area contributed by atoms with E-state index in [2.05, 4.69) is 5.32 Å². The number of aliphatic hydroxyl groups is 1. The minimum absolute atomic E-state index is 0.0463. The van der Waals surface area contributed by atoms with Crippen molar-refractivity contribution in [2.45, 2.75) is 31.8 Å². The Morgan fingerprint density at radius 1 is 1.39 bits per heavy atom. The van der Waals surface area contributed by atoms with E-state index < -0.39 is 11.6 Å². The van der Waals surface area contributed by atoms with Crippen molar-refractivity contribution in [1.82, 2.24) is 5.32 Å². The van der Waals surface area contributed by atoms with Crippen molar-refractivity contribution in [2.75, 3.05) is 13.7 Å². The summed E-state index contributed by atoms with van der Waals surface area (Å²) in [5, 5.41) is 12.4. The SMILES string of the molecule is COC(=O)C(Cc1ccccc1)NC(C)(C)CO. The molecule has 1 unspecified atom stereocenters. The van der Waals surface area contributed by atoms with Crippen LogP contribution in [0.3, 0.4) is 0 Å². The number of hydrogen-bond donors (Lipinski definition) is 2. The Labute approximate surface area is 108 Å². The van der Waals surface area contributed by atoms with Gasteiger partial charge >= 0.3 is 5.97 Å². The quantitative estimate of drug-likeness (QED) is 0.744. The molecule has 100 valence electrons. The molecule has 4 nitrogen and oxygen atoms in total. The second-order valence-corrected chi connectivity index (χ2v) is 4.95. The predicted octanol–water partition coefficient (Wildman–Crippen LogP) is 1.13. The summed E-state index contributed by atoms with van der Waals surface area (Å²) in [6.45, 7) is 3.64. The van der Waals surface area contributed by atoms with Crippen LogP contribution in [0.1, 0.15) is 19.4 Å². The molecule has 1 rings (SSSR count). The van der Waals surface area contributed by atoms with Gasteiger partial charge in [0.1, 0.15) is 6.04 Å². The monoisotopic (exact) mass is 251 g/mol. The first-order valence-electron chi connectivity index (χ1n) is 5.99. The van der Waals surface area contributed by atoms with E-state index >= 15 is 0 Å². The lowest BCUT2D eigenvalue weighted by molar-refractivity contribution is -0.143. The molecule has 0 aliphatic rings. The van der Waals surface area contributed by atoms with Crippen LogP contribution in [0.5, 0.6) is 0 Å². The van der Waals surface area contributed by atoms with Gasteiger partial charge in [0.25, 0.3) is 0 Å². The van der Waals surface area contributed by atoms with E-state index in [0.717, 1.165) is 5.56 Å². The molecular weight excluding hydrogens is 230 g/mol. The van der Waals surface area contributed by atoms with Gasteiger partial charge in [-0.05, 0) is 25.8 Å². The molecule has 2 N–H and O–H groups in total. The average Bonchev–Trinajstić information content (AvgIpc) is 2.38. The molecule has 0 bridgehead atoms. The molecule has 0 spiro atoms. The Hall–Kier alpha value is -1.39. The summed E-state index contributed by atoms with van der Waals surface area (Å²) in [7, 11) is 1.37. The van der Waals surface area contributed by atoms with Crippen molar-refractivity contribution in [3.8, 4) is 0 Å². The largest absolute Gasteiger partial charge is 0.468 e. The second-order valence-electron chi connectivity index (χ2n) is 4.95. The zero-order valence-corrected chi connectivity index (χ0v) is 11.1. The highest BCUT2D eigenvalue weighted by molar-refractivity contribution is 5.76. The van der Waals surface area contributed by atoms with Crippen molar-refractivity contribution in [1.29, 1.82) is 0 Å². The van der Waals surface area contributed by atoms with E-state index in [-0.39, 0.29) is 12.6 Å². The smallest absolute Gasteiger partial charge is 0.323 e. The van der Waals surface area contributed by atoms with Crippen molar-refractivity contribution in [3.63, 3.8) is 0 Å². The van der Waals surface area contributed by atoms with Crippen LogP contribution in [-0.2, 0) is 16.0 Å². The van der Waals surface area contributed by atoms with Gasteiger partial charge in [-0.3, -0.25) is 10.1 Å². The van der Waals surface area contributed by atoms with E-state index in [4.69, 9.17) is 4.74 Å². The molecule has 4 heteroatoms. The lowest BCUT2D eigenvalue weighted by Crippen LogP contribution is -2.52. The van der Waals surface area contributed by atoms with E-state index in [0.29, 0.717) is 6.42 Å². The molecule has 0 aromatic heterocycles. The lowest BCUT2D eigenvalue weighted by Gasteiger charge is -2.28. The molecule has 0 fully saturated rings. The molecule has 0 saturated carbocycles. The topological polar surface area (TPSA) is 58.6 Å². The normalized spacial score (nSPS) is 13.1. The summed E-state index contributed by atoms with van der Waals surface area (Å²) < 4.78 is 4.79. The molecule has 0 heterocycles. The molecular formula is C14H21NO3. The number of benzene rings is 1. The maximum absolute atomic E-state index is 11.7. The number of nitrogens with one attached hydrogen (secondary N) is 1. The van der Waals surface area contributed by atoms with Gasteiger partial charge < -0.3 is 9.84 Å². The first kappa shape index (κ1) is 14.7. The number of carbonyl (C=O) groups is 1. The zero-order chi connectivity index (χ0) is 13.6. The van der Waals surface area contributed by atoms with Crippen LogP contribution < -0.4 is 5.32 Å². The molecule has 18 heavy (non-hydrogen) atoms. The molecule has 1 aromatic rings. The first-order chi connectivity index (χ1) is 8.48. The molecule has 1 aromatic carbocycles. The van der Waals surface area contributed by atoms with Crippen LogP contribution in [0.15, 0.2) is 30.3 Å². The summed E-state index contributed by atoms with van der Waals surface area (Å²) in [4.78, 5) is 11.7. The number of methoxy groups -OCH3 is 1. The van der Waals surface area contributed by atoms with E-state index in [9.17, 15) is 9.90 Å². The number of carbonyl (C=O) groups excluding carboxylic acids is 1. The molecule has 0 saturated heterocycles. The van der Waals surface area contributed by atoms with Crippen LogP contribution in [0.2, 0.25) is 0 Å². The van der Waals surface area contributed by atoms with Gasteiger partial charge in [0, 0.05) is 5.54 Å². The third kappa shape index (κ3) is 4.47. The number of esters is 1. The summed E-state index contributed by atoms with van der Waals surface area (Å²) in [5.74, 6) is -0.319. The number of aliphatic hydroxyl groups excluding tert-OH is 1. The lowest BCUT2D eigenvalue weighted by atomic mass is 10.0. The Morgan fingerprint density at radius 2 is 2.00 bits per heavy atom. The molecule has 0 radical (unpaired) electrons. The molecule has 0 aliphatic carbocycles. The van der Waals surface area contributed by atoms with Crippen LogP contribution in [0.25, 0.3) is 0 Å². The maximum Gasteiger partial charge on any atom is 0.323 e. The summed E-state index contributed by atoms with van der Waals surface area (Å²) in [6, 6.07) is 9.26. The fourth-order valence-corrected chi connectivity index (χ4v) is 1.70. The van der Waals surface area contributed by atoms with Crippen molar-refractivity contribution < 1.29 is 14.6 Å². The summed E-state index contributed by atoms with van der Waals surface area (Å²) in [6.07, 6.45) is 0.539. The number of hydrogen-bond acceptors (Lipinski definition) is 4. The van der Waals surface area contributed by atoms with Crippen molar-refractivity contribution in [2.24, 2.45) is 0 Å². The molecule has 0 aliphatic heterocycles. The zero-order valence-electron chi connectivity index (χ0n) is 11.1. The average molecular weight is 251 g/mol. The van der Waals surface area contributed by atoms with Gasteiger partial charge in [-0.2, -0.15) is 0 Å². The van der Waals surface area contributed by atoms with E-state index in [1.807, 2.05) is 44.2 Å². The fourth-order valence-electron chi connectivity index (χ4n) is 1.70. The Bertz CT molecular complexity index is 376. The van der Waals surface area contributed by atoms with Gasteiger partial charge in [-0.25, -0.2) is 0 Å². The molecule has 1 atom stereocenters. The van der Waals surface area contributed by atoms with E-state index in [1.165, 1.54) is 7.11 Å².